The van der Waals surface area contributed by atoms with Crippen LogP contribution < -0.4 is 16.0 Å². The molecule has 3 fully saturated rings. The van der Waals surface area contributed by atoms with Gasteiger partial charge in [0.25, 0.3) is 0 Å². The number of aliphatic hydroxyl groups is 10. The van der Waals surface area contributed by atoms with Gasteiger partial charge in [-0.2, -0.15) is 16.8 Å². The third-order valence-corrected chi connectivity index (χ3v) is 10.4. The number of hydrogen-bond acceptors (Lipinski definition) is 25. The average molecular weight is 952 g/mol. The minimum Gasteiger partial charge on any atom is -0.394 e. The van der Waals surface area contributed by atoms with Crippen LogP contribution in [0.5, 0.6) is 0 Å². The quantitative estimate of drug-likeness (QED) is 0.0475. The molecule has 32 heteroatoms. The van der Waals surface area contributed by atoms with E-state index in [1.807, 2.05) is 0 Å². The molecule has 62 heavy (non-hydrogen) atoms. The van der Waals surface area contributed by atoms with E-state index in [2.05, 4.69) is 24.3 Å². The standard InChI is InChI=1S/C30H53N3O27S2/c1-9(37)31-12(4-34)25(58-29-17(32-10(2)38)22(44)20(42)16(57-29)8-54-61(47,48)49)19(41)13(40)7-53-28-18(33-11(3)39)23(45)26(15(6-36)56-28)59-30-24(46)27(60-62(50,51)52)21(43)14(5-35)55-30/h12-30,34-36,40-46H,4-8H2,1-3H3,(H,31,37)(H,32,38)(H,33,39)(H,47,48,49)(H,50,51,52). The second-order valence-electron chi connectivity index (χ2n) is 14.2. The topological polar surface area (TPSA) is 472 Å². The molecular formula is C30H53N3O27S2. The first-order valence-electron chi connectivity index (χ1n) is 18.3. The lowest BCUT2D eigenvalue weighted by Gasteiger charge is -2.47. The summed E-state index contributed by atoms with van der Waals surface area (Å²) in [7, 11) is -10.5. The molecule has 0 aromatic rings. The highest BCUT2D eigenvalue weighted by Crippen LogP contribution is 2.32. The first-order valence-corrected chi connectivity index (χ1v) is 21.0. The van der Waals surface area contributed by atoms with Crippen LogP contribution in [0.3, 0.4) is 0 Å². The fraction of sp³-hybridized carbons (Fsp3) is 0.900. The Labute approximate surface area is 352 Å². The molecule has 0 radical (unpaired) electrons. The second-order valence-corrected chi connectivity index (χ2v) is 16.3. The third kappa shape index (κ3) is 14.8. The number of hydrogen-bond donors (Lipinski definition) is 15. The Morgan fingerprint density at radius 2 is 1.21 bits per heavy atom. The van der Waals surface area contributed by atoms with Crippen molar-refractivity contribution in [2.45, 2.75) is 137 Å². The molecule has 0 aromatic heterocycles. The van der Waals surface area contributed by atoms with E-state index in [1.165, 1.54) is 0 Å². The summed E-state index contributed by atoms with van der Waals surface area (Å²) >= 11 is 0. The zero-order valence-electron chi connectivity index (χ0n) is 32.8. The van der Waals surface area contributed by atoms with E-state index in [-0.39, 0.29) is 0 Å². The number of rotatable bonds is 21. The van der Waals surface area contributed by atoms with Crippen LogP contribution in [0.2, 0.25) is 0 Å². The van der Waals surface area contributed by atoms with Gasteiger partial charge < -0.3 is 95.4 Å². The molecule has 0 saturated carbocycles. The van der Waals surface area contributed by atoms with Crippen molar-refractivity contribution in [2.75, 3.05) is 33.0 Å². The van der Waals surface area contributed by atoms with E-state index in [1.54, 1.807) is 0 Å². The van der Waals surface area contributed by atoms with Crippen molar-refractivity contribution in [3.05, 3.63) is 0 Å². The number of aliphatic hydroxyl groups excluding tert-OH is 10. The number of nitrogens with one attached hydrogen (secondary N) is 3. The van der Waals surface area contributed by atoms with Crippen LogP contribution in [-0.4, -0.2) is 244 Å². The van der Waals surface area contributed by atoms with Crippen LogP contribution in [0.1, 0.15) is 20.8 Å². The lowest BCUT2D eigenvalue weighted by molar-refractivity contribution is -0.347. The Kier molecular flexibility index (Phi) is 20.1. The molecular weight excluding hydrogens is 898 g/mol. The predicted octanol–water partition coefficient (Wildman–Crippen LogP) is -10.0. The summed E-state index contributed by atoms with van der Waals surface area (Å²) in [5, 5.41) is 113. The van der Waals surface area contributed by atoms with Gasteiger partial charge in [0.05, 0.1) is 39.1 Å². The van der Waals surface area contributed by atoms with Crippen molar-refractivity contribution in [2.24, 2.45) is 0 Å². The maximum atomic E-state index is 12.2. The fourth-order valence-electron chi connectivity index (χ4n) is 6.64. The Hall–Kier alpha value is -2.49. The van der Waals surface area contributed by atoms with Crippen molar-refractivity contribution in [1.29, 1.82) is 0 Å². The summed E-state index contributed by atoms with van der Waals surface area (Å²) in [5.41, 5.74) is 0. The zero-order valence-corrected chi connectivity index (χ0v) is 34.4. The van der Waals surface area contributed by atoms with Gasteiger partial charge in [-0.15, -0.1) is 0 Å². The van der Waals surface area contributed by atoms with Gasteiger partial charge in [0, 0.05) is 20.8 Å². The Balaban J connectivity index is 1.89. The van der Waals surface area contributed by atoms with Crippen LogP contribution in [0.15, 0.2) is 0 Å². The second kappa shape index (κ2) is 23.1. The molecule has 15 N–H and O–H groups in total. The van der Waals surface area contributed by atoms with E-state index in [9.17, 15) is 82.3 Å². The molecule has 0 aliphatic carbocycles. The van der Waals surface area contributed by atoms with Crippen LogP contribution >= 0.6 is 0 Å². The third-order valence-electron chi connectivity index (χ3n) is 9.46. The molecule has 3 rings (SSSR count). The van der Waals surface area contributed by atoms with Crippen molar-refractivity contribution in [1.82, 2.24) is 16.0 Å². The monoisotopic (exact) mass is 951 g/mol. The Morgan fingerprint density at radius 1 is 0.661 bits per heavy atom. The van der Waals surface area contributed by atoms with Crippen LogP contribution in [0, 0.1) is 0 Å². The van der Waals surface area contributed by atoms with Gasteiger partial charge in [-0.25, -0.2) is 8.37 Å². The molecule has 3 aliphatic heterocycles. The summed E-state index contributed by atoms with van der Waals surface area (Å²) in [4.78, 5) is 36.4. The van der Waals surface area contributed by atoms with Gasteiger partial charge in [0.1, 0.15) is 91.4 Å². The van der Waals surface area contributed by atoms with Crippen molar-refractivity contribution in [3.8, 4) is 0 Å². The van der Waals surface area contributed by atoms with E-state index in [0.717, 1.165) is 20.8 Å². The highest BCUT2D eigenvalue weighted by Gasteiger charge is 2.54. The number of amides is 3. The molecule has 0 spiro atoms. The summed E-state index contributed by atoms with van der Waals surface area (Å²) < 4.78 is 105. The van der Waals surface area contributed by atoms with Gasteiger partial charge in [-0.3, -0.25) is 23.5 Å². The number of carbonyl (C=O) groups excluding carboxylic acids is 3. The molecule has 19 atom stereocenters. The average Bonchev–Trinajstić information content (AvgIpc) is 3.17. The molecule has 19 unspecified atom stereocenters. The maximum absolute atomic E-state index is 12.2. The summed E-state index contributed by atoms with van der Waals surface area (Å²) in [6, 6.07) is -5.14. The first-order chi connectivity index (χ1) is 28.7. The molecule has 3 aliphatic rings. The molecule has 3 amide bonds. The van der Waals surface area contributed by atoms with E-state index >= 15 is 0 Å². The fourth-order valence-corrected chi connectivity index (χ4v) is 7.45. The van der Waals surface area contributed by atoms with Gasteiger partial charge in [-0.05, 0) is 0 Å². The SMILES string of the molecule is CC(=O)NC(CO)C(OC1OC(COS(=O)(=O)O)C(O)C(O)C1NC(C)=O)C(O)C(O)COC1OC(CO)C(OC2OC(CO)C(O)C(OS(=O)(=O)O)C2O)C(O)C1NC(C)=O. The van der Waals surface area contributed by atoms with E-state index < -0.39 is 188 Å². The molecule has 362 valence electrons. The lowest BCUT2D eigenvalue weighted by atomic mass is 9.95. The number of carbonyl (C=O) groups is 3. The van der Waals surface area contributed by atoms with Crippen molar-refractivity contribution < 1.29 is 128 Å². The largest absolute Gasteiger partial charge is 0.397 e. The Morgan fingerprint density at radius 3 is 1.71 bits per heavy atom. The van der Waals surface area contributed by atoms with Crippen LogP contribution in [0.4, 0.5) is 0 Å². The first kappa shape index (κ1) is 53.8. The van der Waals surface area contributed by atoms with Crippen molar-refractivity contribution >= 4 is 38.5 Å². The van der Waals surface area contributed by atoms with E-state index in [4.69, 9.17) is 37.5 Å². The molecule has 0 aromatic carbocycles. The maximum Gasteiger partial charge on any atom is 0.397 e. The zero-order chi connectivity index (χ0) is 47.0. The lowest BCUT2D eigenvalue weighted by Crippen LogP contribution is -2.68. The van der Waals surface area contributed by atoms with Gasteiger partial charge in [0.15, 0.2) is 18.9 Å². The minimum atomic E-state index is -5.34. The van der Waals surface area contributed by atoms with Crippen molar-refractivity contribution in [3.63, 3.8) is 0 Å². The highest BCUT2D eigenvalue weighted by molar-refractivity contribution is 7.81. The predicted molar refractivity (Wildman–Crippen MR) is 192 cm³/mol. The van der Waals surface area contributed by atoms with Crippen LogP contribution in [0.25, 0.3) is 0 Å². The highest BCUT2D eigenvalue weighted by atomic mass is 32.3. The normalized spacial score (nSPS) is 36.5. The minimum absolute atomic E-state index is 0.835. The molecule has 30 nitrogen and oxygen atoms in total. The summed E-state index contributed by atoms with van der Waals surface area (Å²) in [6.45, 7) is -2.38. The van der Waals surface area contributed by atoms with Crippen LogP contribution in [-0.2, 0) is 72.0 Å². The Bertz CT molecular complexity index is 1700. The molecule has 3 heterocycles. The summed E-state index contributed by atoms with van der Waals surface area (Å²) in [5.74, 6) is -2.53. The molecule has 3 saturated heterocycles. The van der Waals surface area contributed by atoms with Gasteiger partial charge in [-0.1, -0.05) is 0 Å². The van der Waals surface area contributed by atoms with Gasteiger partial charge in [0.2, 0.25) is 17.7 Å². The van der Waals surface area contributed by atoms with E-state index in [0.29, 0.717) is 0 Å². The van der Waals surface area contributed by atoms with Gasteiger partial charge >= 0.3 is 20.8 Å². The summed E-state index contributed by atoms with van der Waals surface area (Å²) in [6.07, 6.45) is -32.3. The molecule has 0 bridgehead atoms. The smallest absolute Gasteiger partial charge is 0.394 e. The number of ether oxygens (including phenoxy) is 6.